The molecule has 0 atom stereocenters. The van der Waals surface area contributed by atoms with Crippen LogP contribution < -0.4 is 9.62 Å². The Morgan fingerprint density at radius 2 is 1.83 bits per heavy atom. The van der Waals surface area contributed by atoms with Gasteiger partial charge in [-0.15, -0.1) is 0 Å². The number of rotatable bonds is 3. The van der Waals surface area contributed by atoms with Crippen molar-refractivity contribution in [3.05, 3.63) is 76.4 Å². The molecule has 3 aromatic rings. The van der Waals surface area contributed by atoms with Crippen molar-refractivity contribution in [3.63, 3.8) is 0 Å². The lowest BCUT2D eigenvalue weighted by atomic mass is 10.1. The van der Waals surface area contributed by atoms with Crippen molar-refractivity contribution in [1.82, 2.24) is 4.98 Å². The first kappa shape index (κ1) is 19.1. The van der Waals surface area contributed by atoms with E-state index in [4.69, 9.17) is 0 Å². The highest BCUT2D eigenvalue weighted by Crippen LogP contribution is 2.35. The Balaban J connectivity index is 1.71. The van der Waals surface area contributed by atoms with Crippen molar-refractivity contribution >= 4 is 49.3 Å². The average molecular weight is 474 g/mol. The second kappa shape index (κ2) is 6.98. The minimum atomic E-state index is -4.18. The summed E-state index contributed by atoms with van der Waals surface area (Å²) in [5.41, 5.74) is 0.173. The van der Waals surface area contributed by atoms with Crippen molar-refractivity contribution in [3.8, 4) is 5.75 Å². The minimum Gasteiger partial charge on any atom is -0.504 e. The molecule has 0 aliphatic carbocycles. The summed E-state index contributed by atoms with van der Waals surface area (Å²) >= 11 is 3.26. The summed E-state index contributed by atoms with van der Waals surface area (Å²) in [5, 5.41) is 12.1. The molecule has 10 heteroatoms. The largest absolute Gasteiger partial charge is 0.504 e. The lowest BCUT2D eigenvalue weighted by Gasteiger charge is -2.15. The normalized spacial score (nSPS) is 14.5. The Morgan fingerprint density at radius 3 is 2.52 bits per heavy atom. The quantitative estimate of drug-likeness (QED) is 0.603. The van der Waals surface area contributed by atoms with Gasteiger partial charge in [0.25, 0.3) is 21.8 Å². The summed E-state index contributed by atoms with van der Waals surface area (Å²) in [6, 6.07) is 12.9. The Morgan fingerprint density at radius 1 is 1.10 bits per heavy atom. The number of fused-ring (bicyclic) bond motifs is 1. The topological polar surface area (TPSA) is 117 Å². The number of halogens is 1. The first-order chi connectivity index (χ1) is 13.8. The van der Waals surface area contributed by atoms with Gasteiger partial charge in [-0.25, -0.2) is 13.4 Å². The summed E-state index contributed by atoms with van der Waals surface area (Å²) in [7, 11) is -4.18. The van der Waals surface area contributed by atoms with Gasteiger partial charge >= 0.3 is 0 Å². The number of anilines is 2. The lowest BCUT2D eigenvalue weighted by molar-refractivity contribution is 0.100. The zero-order valence-corrected chi connectivity index (χ0v) is 16.9. The molecule has 0 spiro atoms. The highest BCUT2D eigenvalue weighted by Gasteiger charge is 2.42. The Labute approximate surface area is 174 Å². The van der Waals surface area contributed by atoms with Crippen LogP contribution in [0.4, 0.5) is 11.5 Å². The first-order valence-corrected chi connectivity index (χ1v) is 10.5. The number of hydrogen-bond acceptors (Lipinski definition) is 6. The molecule has 1 aromatic heterocycles. The standard InChI is InChI=1S/C19H12BrN3O5S/c20-12-4-6-13(7-5-12)23-19(26)14-8-3-11(10-16(14)29(23,27)28)18(25)22-17-15(24)2-1-9-21-17/h1-10,24H,(H,21,22,25). The van der Waals surface area contributed by atoms with Crippen LogP contribution in [0.25, 0.3) is 0 Å². The minimum absolute atomic E-state index is 0.00262. The molecule has 0 saturated carbocycles. The smallest absolute Gasteiger partial charge is 0.273 e. The third kappa shape index (κ3) is 3.26. The molecule has 2 heterocycles. The van der Waals surface area contributed by atoms with Crippen LogP contribution in [-0.4, -0.2) is 30.3 Å². The van der Waals surface area contributed by atoms with Crippen molar-refractivity contribution in [1.29, 1.82) is 0 Å². The molecule has 0 bridgehead atoms. The molecule has 4 rings (SSSR count). The van der Waals surface area contributed by atoms with E-state index in [0.717, 1.165) is 10.5 Å². The van der Waals surface area contributed by atoms with Crippen molar-refractivity contribution in [2.24, 2.45) is 0 Å². The fraction of sp³-hybridized carbons (Fsp3) is 0. The SMILES string of the molecule is O=C(Nc1ncccc1O)c1ccc2c(c1)S(=O)(=O)N(c1ccc(Br)cc1)C2=O. The molecule has 1 aliphatic rings. The van der Waals surface area contributed by atoms with Gasteiger partial charge in [0, 0.05) is 16.2 Å². The molecule has 2 aromatic carbocycles. The number of benzene rings is 2. The monoisotopic (exact) mass is 473 g/mol. The van der Waals surface area contributed by atoms with E-state index in [1.165, 1.54) is 42.6 Å². The van der Waals surface area contributed by atoms with Gasteiger partial charge in [-0.05, 0) is 54.6 Å². The molecular formula is C19H12BrN3O5S. The van der Waals surface area contributed by atoms with Gasteiger partial charge in [-0.2, -0.15) is 4.31 Å². The predicted molar refractivity (Wildman–Crippen MR) is 108 cm³/mol. The Kier molecular flexibility index (Phi) is 4.59. The van der Waals surface area contributed by atoms with Crippen LogP contribution in [0.1, 0.15) is 20.7 Å². The number of sulfonamides is 1. The summed E-state index contributed by atoms with van der Waals surface area (Å²) < 4.78 is 27.4. The van der Waals surface area contributed by atoms with E-state index >= 15 is 0 Å². The lowest BCUT2D eigenvalue weighted by Crippen LogP contribution is -2.29. The molecule has 8 nitrogen and oxygen atoms in total. The van der Waals surface area contributed by atoms with Crippen LogP contribution in [0.5, 0.6) is 5.75 Å². The van der Waals surface area contributed by atoms with E-state index in [-0.39, 0.29) is 33.3 Å². The fourth-order valence-corrected chi connectivity index (χ4v) is 4.76. The molecule has 0 unspecified atom stereocenters. The summed E-state index contributed by atoms with van der Waals surface area (Å²) in [4.78, 5) is 28.8. The Hall–Kier alpha value is -3.24. The fourth-order valence-electron chi connectivity index (χ4n) is 2.88. The van der Waals surface area contributed by atoms with Crippen LogP contribution in [-0.2, 0) is 10.0 Å². The number of amides is 2. The molecule has 1 aliphatic heterocycles. The molecule has 146 valence electrons. The van der Waals surface area contributed by atoms with E-state index in [1.54, 1.807) is 12.1 Å². The number of hydrogen-bond donors (Lipinski definition) is 2. The van der Waals surface area contributed by atoms with Crippen molar-refractivity contribution in [2.75, 3.05) is 9.62 Å². The molecule has 29 heavy (non-hydrogen) atoms. The van der Waals surface area contributed by atoms with Crippen LogP contribution >= 0.6 is 15.9 Å². The second-order valence-corrected chi connectivity index (χ2v) is 8.76. The Bertz CT molecular complexity index is 1260. The molecule has 0 fully saturated rings. The zero-order valence-electron chi connectivity index (χ0n) is 14.5. The number of pyridine rings is 1. The van der Waals surface area contributed by atoms with Crippen molar-refractivity contribution in [2.45, 2.75) is 4.90 Å². The van der Waals surface area contributed by atoms with Gasteiger partial charge < -0.3 is 10.4 Å². The highest BCUT2D eigenvalue weighted by atomic mass is 79.9. The number of aromatic hydroxyl groups is 1. The van der Waals surface area contributed by atoms with E-state index in [1.807, 2.05) is 0 Å². The number of nitrogens with one attached hydrogen (secondary N) is 1. The van der Waals surface area contributed by atoms with Gasteiger partial charge in [0.15, 0.2) is 11.6 Å². The number of carbonyl (C=O) groups is 2. The van der Waals surface area contributed by atoms with E-state index < -0.39 is 21.8 Å². The zero-order chi connectivity index (χ0) is 20.8. The van der Waals surface area contributed by atoms with Gasteiger partial charge in [0.2, 0.25) is 0 Å². The number of nitrogens with zero attached hydrogens (tertiary/aromatic N) is 2. The summed E-state index contributed by atoms with van der Waals surface area (Å²) in [5.74, 6) is -1.66. The van der Waals surface area contributed by atoms with Crippen LogP contribution in [0.2, 0.25) is 0 Å². The van der Waals surface area contributed by atoms with E-state index in [0.29, 0.717) is 4.31 Å². The van der Waals surface area contributed by atoms with E-state index in [9.17, 15) is 23.1 Å². The average Bonchev–Trinajstić information content (AvgIpc) is 2.90. The van der Waals surface area contributed by atoms with Gasteiger partial charge in [-0.1, -0.05) is 15.9 Å². The van der Waals surface area contributed by atoms with Gasteiger partial charge in [-0.3, -0.25) is 9.59 Å². The maximum absolute atomic E-state index is 13.0. The third-order valence-corrected chi connectivity index (χ3v) is 6.54. The second-order valence-electron chi connectivity index (χ2n) is 6.09. The van der Waals surface area contributed by atoms with Crippen LogP contribution in [0.3, 0.4) is 0 Å². The first-order valence-electron chi connectivity index (χ1n) is 8.23. The summed E-state index contributed by atoms with van der Waals surface area (Å²) in [6.07, 6.45) is 1.39. The molecule has 0 radical (unpaired) electrons. The molecular weight excluding hydrogens is 462 g/mol. The van der Waals surface area contributed by atoms with Crippen molar-refractivity contribution < 1.29 is 23.1 Å². The molecule has 0 saturated heterocycles. The highest BCUT2D eigenvalue weighted by molar-refractivity contribution is 9.10. The summed E-state index contributed by atoms with van der Waals surface area (Å²) in [6.45, 7) is 0. The number of carbonyl (C=O) groups excluding carboxylic acids is 2. The van der Waals surface area contributed by atoms with Gasteiger partial charge in [0.05, 0.1) is 11.3 Å². The molecule has 2 N–H and O–H groups in total. The van der Waals surface area contributed by atoms with E-state index in [2.05, 4.69) is 26.2 Å². The van der Waals surface area contributed by atoms with Crippen LogP contribution in [0, 0.1) is 0 Å². The van der Waals surface area contributed by atoms with Gasteiger partial charge in [0.1, 0.15) is 4.90 Å². The maximum atomic E-state index is 13.0. The molecule has 2 amide bonds. The number of aromatic nitrogens is 1. The van der Waals surface area contributed by atoms with Crippen LogP contribution in [0.15, 0.2) is 70.2 Å². The third-order valence-electron chi connectivity index (χ3n) is 4.26. The maximum Gasteiger partial charge on any atom is 0.273 e. The predicted octanol–water partition coefficient (Wildman–Crippen LogP) is 3.15.